The topological polar surface area (TPSA) is 126 Å². The van der Waals surface area contributed by atoms with Crippen LogP contribution in [0.5, 0.6) is 11.5 Å². The Labute approximate surface area is 270 Å². The molecule has 0 saturated carbocycles. The molecule has 4 N–H and O–H groups in total. The minimum Gasteiger partial charge on any atom is -0.497 e. The predicted molar refractivity (Wildman–Crippen MR) is 179 cm³/mol. The predicted octanol–water partition coefficient (Wildman–Crippen LogP) is 3.99. The minimum atomic E-state index is -0.946. The summed E-state index contributed by atoms with van der Waals surface area (Å²) in [4.78, 5) is 40.7. The number of carbonyl (C=O) groups is 3. The van der Waals surface area contributed by atoms with Gasteiger partial charge < -0.3 is 30.5 Å². The lowest BCUT2D eigenvalue weighted by Gasteiger charge is -2.27. The maximum Gasteiger partial charge on any atom is 0.243 e. The van der Waals surface area contributed by atoms with Gasteiger partial charge in [0.05, 0.1) is 33.3 Å². The first kappa shape index (κ1) is 34.0. The van der Waals surface area contributed by atoms with E-state index in [1.807, 2.05) is 92.7 Å². The van der Waals surface area contributed by atoms with E-state index < -0.39 is 29.9 Å². The van der Waals surface area contributed by atoms with E-state index in [4.69, 9.17) is 9.47 Å². The largest absolute Gasteiger partial charge is 0.497 e. The third-order valence-corrected chi connectivity index (χ3v) is 7.94. The number of hydrogen-bond donors (Lipinski definition) is 4. The van der Waals surface area contributed by atoms with Gasteiger partial charge in [-0.3, -0.25) is 14.4 Å². The van der Waals surface area contributed by atoms with Gasteiger partial charge in [-0.05, 0) is 64.1 Å². The van der Waals surface area contributed by atoms with Gasteiger partial charge in [-0.25, -0.2) is 0 Å². The highest BCUT2D eigenvalue weighted by Gasteiger charge is 2.30. The fraction of sp³-hybridized carbons (Fsp3) is 0.324. The van der Waals surface area contributed by atoms with Crippen molar-refractivity contribution in [3.63, 3.8) is 0 Å². The van der Waals surface area contributed by atoms with Gasteiger partial charge in [0.1, 0.15) is 23.6 Å². The van der Waals surface area contributed by atoms with Crippen LogP contribution in [0.1, 0.15) is 30.5 Å². The summed E-state index contributed by atoms with van der Waals surface area (Å²) in [5.41, 5.74) is 2.58. The molecule has 4 rings (SSSR count). The molecule has 242 valence electrons. The Morgan fingerprint density at radius 3 is 1.87 bits per heavy atom. The molecule has 0 fully saturated rings. The summed E-state index contributed by atoms with van der Waals surface area (Å²) in [6.07, 6.45) is 0.695. The molecule has 0 spiro atoms. The summed E-state index contributed by atoms with van der Waals surface area (Å²) >= 11 is 0. The zero-order valence-electron chi connectivity index (χ0n) is 26.8. The van der Waals surface area contributed by atoms with Gasteiger partial charge in [-0.1, -0.05) is 80.6 Å². The van der Waals surface area contributed by atoms with Gasteiger partial charge in [-0.15, -0.1) is 0 Å². The van der Waals surface area contributed by atoms with Crippen molar-refractivity contribution in [3.8, 4) is 11.5 Å². The number of carbonyl (C=O) groups excluding carboxylic acids is 3. The SMILES string of the molecule is COc1ccc(C[C@@H](CO)NC(=O)[C@@H](NC(=O)[C@H](Cc2ccc(OC)cc2)NC(=O)Cc2cccc3ccccc23)C(C)C)cc1. The normalized spacial score (nSPS) is 13.0. The lowest BCUT2D eigenvalue weighted by atomic mass is 9.99. The Hall–Kier alpha value is -4.89. The molecule has 0 heterocycles. The second-order valence-corrected chi connectivity index (χ2v) is 11.7. The number of benzene rings is 4. The molecule has 0 aliphatic rings. The van der Waals surface area contributed by atoms with Crippen molar-refractivity contribution < 1.29 is 29.0 Å². The number of aliphatic hydroxyl groups is 1. The molecule has 0 unspecified atom stereocenters. The lowest BCUT2D eigenvalue weighted by Crippen LogP contribution is -2.57. The maximum absolute atomic E-state index is 13.8. The summed E-state index contributed by atoms with van der Waals surface area (Å²) < 4.78 is 10.5. The highest BCUT2D eigenvalue weighted by molar-refractivity contribution is 5.94. The maximum atomic E-state index is 13.8. The van der Waals surface area contributed by atoms with Gasteiger partial charge in [0.15, 0.2) is 0 Å². The molecule has 0 bridgehead atoms. The van der Waals surface area contributed by atoms with Crippen LogP contribution in [0.4, 0.5) is 0 Å². The van der Waals surface area contributed by atoms with Gasteiger partial charge in [0.25, 0.3) is 0 Å². The first-order valence-electron chi connectivity index (χ1n) is 15.4. The summed E-state index contributed by atoms with van der Waals surface area (Å²) in [5, 5.41) is 20.7. The van der Waals surface area contributed by atoms with Crippen molar-refractivity contribution >= 4 is 28.5 Å². The number of nitrogens with one attached hydrogen (secondary N) is 3. The highest BCUT2D eigenvalue weighted by atomic mass is 16.5. The Bertz CT molecular complexity index is 1600. The molecule has 9 heteroatoms. The number of amides is 3. The Morgan fingerprint density at radius 2 is 1.28 bits per heavy atom. The highest BCUT2D eigenvalue weighted by Crippen LogP contribution is 2.20. The summed E-state index contributed by atoms with van der Waals surface area (Å²) in [7, 11) is 3.17. The van der Waals surface area contributed by atoms with Crippen LogP contribution in [0.25, 0.3) is 10.8 Å². The molecular weight excluding hydrogens is 582 g/mol. The quantitative estimate of drug-likeness (QED) is 0.158. The molecule has 46 heavy (non-hydrogen) atoms. The fourth-order valence-electron chi connectivity index (χ4n) is 5.36. The van der Waals surface area contributed by atoms with Crippen LogP contribution in [0, 0.1) is 5.92 Å². The van der Waals surface area contributed by atoms with Crippen LogP contribution < -0.4 is 25.4 Å². The van der Waals surface area contributed by atoms with Crippen LogP contribution >= 0.6 is 0 Å². The monoisotopic (exact) mass is 625 g/mol. The average molecular weight is 626 g/mol. The molecule has 0 radical (unpaired) electrons. The molecule has 0 aromatic heterocycles. The van der Waals surface area contributed by atoms with Gasteiger partial charge >= 0.3 is 0 Å². The number of ether oxygens (including phenoxy) is 2. The van der Waals surface area contributed by atoms with E-state index in [9.17, 15) is 19.5 Å². The zero-order valence-corrected chi connectivity index (χ0v) is 26.8. The van der Waals surface area contributed by atoms with Crippen LogP contribution in [0.2, 0.25) is 0 Å². The molecule has 0 saturated heterocycles. The average Bonchev–Trinajstić information content (AvgIpc) is 3.07. The lowest BCUT2D eigenvalue weighted by molar-refractivity contribution is -0.133. The summed E-state index contributed by atoms with van der Waals surface area (Å²) in [6.45, 7) is 3.39. The third-order valence-electron chi connectivity index (χ3n) is 7.94. The second kappa shape index (κ2) is 16.4. The van der Waals surface area contributed by atoms with E-state index in [1.165, 1.54) is 0 Å². The van der Waals surface area contributed by atoms with E-state index >= 15 is 0 Å². The number of methoxy groups -OCH3 is 2. The molecule has 4 aromatic rings. The van der Waals surface area contributed by atoms with Gasteiger partial charge in [0.2, 0.25) is 17.7 Å². The Morgan fingerprint density at radius 1 is 0.696 bits per heavy atom. The summed E-state index contributed by atoms with van der Waals surface area (Å²) in [5.74, 6) is -0.0841. The number of hydrogen-bond acceptors (Lipinski definition) is 6. The van der Waals surface area contributed by atoms with E-state index in [2.05, 4.69) is 16.0 Å². The van der Waals surface area contributed by atoms with E-state index in [-0.39, 0.29) is 31.3 Å². The molecule has 0 aliphatic heterocycles. The second-order valence-electron chi connectivity index (χ2n) is 11.7. The fourth-order valence-corrected chi connectivity index (χ4v) is 5.36. The molecular formula is C37H43N3O6. The minimum absolute atomic E-state index is 0.0887. The van der Waals surface area contributed by atoms with Crippen LogP contribution in [-0.4, -0.2) is 61.8 Å². The Kier molecular flexibility index (Phi) is 12.1. The first-order chi connectivity index (χ1) is 22.2. The van der Waals surface area contributed by atoms with Crippen molar-refractivity contribution in [2.24, 2.45) is 5.92 Å². The smallest absolute Gasteiger partial charge is 0.243 e. The number of fused-ring (bicyclic) bond motifs is 1. The van der Waals surface area contributed by atoms with E-state index in [0.717, 1.165) is 27.5 Å². The van der Waals surface area contributed by atoms with E-state index in [0.29, 0.717) is 17.9 Å². The van der Waals surface area contributed by atoms with Crippen LogP contribution in [0.15, 0.2) is 91.0 Å². The van der Waals surface area contributed by atoms with Crippen LogP contribution in [0.3, 0.4) is 0 Å². The molecule has 9 nitrogen and oxygen atoms in total. The third kappa shape index (κ3) is 9.31. The standard InChI is InChI=1S/C37H43N3O6/c1-24(2)35(37(44)38-29(23-41)20-25-12-16-30(45-3)17-13-25)40-36(43)33(21-26-14-18-31(46-4)19-15-26)39-34(42)22-28-10-7-9-27-8-5-6-11-32(27)28/h5-19,24,29,33,35,41H,20-23H2,1-4H3,(H,38,44)(H,39,42)(H,40,43)/t29-,33-,35-/m0/s1. The number of rotatable bonds is 15. The van der Waals surface area contributed by atoms with Crippen molar-refractivity contribution in [1.82, 2.24) is 16.0 Å². The zero-order chi connectivity index (χ0) is 33.1. The molecule has 3 atom stereocenters. The van der Waals surface area contributed by atoms with Crippen molar-refractivity contribution in [1.29, 1.82) is 0 Å². The van der Waals surface area contributed by atoms with Crippen molar-refractivity contribution in [2.75, 3.05) is 20.8 Å². The molecule has 0 aliphatic carbocycles. The van der Waals surface area contributed by atoms with E-state index in [1.54, 1.807) is 26.4 Å². The molecule has 4 aromatic carbocycles. The van der Waals surface area contributed by atoms with Crippen LogP contribution in [-0.2, 0) is 33.6 Å². The summed E-state index contributed by atoms with van der Waals surface area (Å²) in [6, 6.07) is 25.9. The molecule has 3 amide bonds. The van der Waals surface area contributed by atoms with Crippen molar-refractivity contribution in [3.05, 3.63) is 108 Å². The van der Waals surface area contributed by atoms with Crippen molar-refractivity contribution in [2.45, 2.75) is 51.2 Å². The van der Waals surface area contributed by atoms with Gasteiger partial charge in [-0.2, -0.15) is 0 Å². The first-order valence-corrected chi connectivity index (χ1v) is 15.4. The number of aliphatic hydroxyl groups excluding tert-OH is 1. The van der Waals surface area contributed by atoms with Gasteiger partial charge in [0, 0.05) is 6.42 Å². The Balaban J connectivity index is 1.49.